The minimum absolute atomic E-state index is 0.000992. The van der Waals surface area contributed by atoms with Gasteiger partial charge in [-0.25, -0.2) is 13.4 Å². The van der Waals surface area contributed by atoms with Gasteiger partial charge in [-0.2, -0.15) is 13.2 Å². The molecule has 0 atom stereocenters. The molecule has 9 nitrogen and oxygen atoms in total. The first-order chi connectivity index (χ1) is 17.9. The normalized spacial score (nSPS) is 14.8. The Morgan fingerprint density at radius 3 is 2.32 bits per heavy atom. The minimum atomic E-state index is -4.87. The van der Waals surface area contributed by atoms with Gasteiger partial charge >= 0.3 is 6.18 Å². The van der Waals surface area contributed by atoms with E-state index in [1.807, 2.05) is 29.0 Å². The highest BCUT2D eigenvalue weighted by molar-refractivity contribution is 7.92. The summed E-state index contributed by atoms with van der Waals surface area (Å²) in [5, 5.41) is 3.15. The Morgan fingerprint density at radius 1 is 1.00 bits per heavy atom. The van der Waals surface area contributed by atoms with Crippen molar-refractivity contribution in [2.24, 2.45) is 5.73 Å². The summed E-state index contributed by atoms with van der Waals surface area (Å²) in [5.74, 6) is -2.75. The van der Waals surface area contributed by atoms with Crippen LogP contribution in [0.3, 0.4) is 0 Å². The van der Waals surface area contributed by atoms with Crippen molar-refractivity contribution in [1.29, 1.82) is 0 Å². The summed E-state index contributed by atoms with van der Waals surface area (Å²) in [6.07, 6.45) is -3.49. The van der Waals surface area contributed by atoms with E-state index in [2.05, 4.69) is 27.1 Å². The molecule has 0 aliphatic carbocycles. The molecule has 2 heterocycles. The molecule has 38 heavy (non-hydrogen) atoms. The number of carbonyl (C=O) groups is 1. The highest BCUT2D eigenvalue weighted by atomic mass is 32.2. The molecule has 0 unspecified atom stereocenters. The Hall–Kier alpha value is -3.84. The van der Waals surface area contributed by atoms with Gasteiger partial charge in [-0.05, 0) is 55.1 Å². The number of nitrogens with two attached hydrogens (primary N) is 1. The highest BCUT2D eigenvalue weighted by Crippen LogP contribution is 2.29. The molecule has 1 aliphatic rings. The lowest BCUT2D eigenvalue weighted by molar-refractivity contribution is -0.106. The lowest BCUT2D eigenvalue weighted by Crippen LogP contribution is -2.44. The number of nitrogens with one attached hydrogen (secondary N) is 2. The third-order valence-electron chi connectivity index (χ3n) is 5.96. The van der Waals surface area contributed by atoms with Crippen LogP contribution in [0.25, 0.3) is 11.1 Å². The van der Waals surface area contributed by atoms with Crippen LogP contribution in [-0.4, -0.2) is 69.4 Å². The number of rotatable bonds is 8. The molecule has 2 aromatic carbocycles. The third kappa shape index (κ3) is 7.13. The summed E-state index contributed by atoms with van der Waals surface area (Å²) in [5.41, 5.74) is 8.52. The smallest absolute Gasteiger partial charge is 0.369 e. The van der Waals surface area contributed by atoms with Gasteiger partial charge in [0.1, 0.15) is 0 Å². The van der Waals surface area contributed by atoms with Crippen LogP contribution in [-0.2, 0) is 10.0 Å². The number of nitrogens with zero attached hydrogens (tertiary/aromatic N) is 3. The molecule has 0 bridgehead atoms. The van der Waals surface area contributed by atoms with Gasteiger partial charge in [0.05, 0.1) is 5.69 Å². The van der Waals surface area contributed by atoms with Gasteiger partial charge in [0, 0.05) is 55.0 Å². The maximum atomic E-state index is 12.6. The second-order valence-corrected chi connectivity index (χ2v) is 10.7. The SMILES string of the molecule is CN1CCN(c2ccc(Nc3cc(-c4cccc(NS(=O)(=O)CC(F)(F)F)c4)cnc3C(N)=O)cc2)CC1. The number of hydrogen-bond acceptors (Lipinski definition) is 7. The number of halogens is 3. The van der Waals surface area contributed by atoms with Crippen molar-refractivity contribution in [3.05, 3.63) is 66.5 Å². The van der Waals surface area contributed by atoms with Crippen molar-refractivity contribution in [3.8, 4) is 11.1 Å². The summed E-state index contributed by atoms with van der Waals surface area (Å²) in [4.78, 5) is 20.7. The summed E-state index contributed by atoms with van der Waals surface area (Å²) >= 11 is 0. The van der Waals surface area contributed by atoms with E-state index in [4.69, 9.17) is 5.73 Å². The Kier molecular flexibility index (Phi) is 7.78. The first-order valence-corrected chi connectivity index (χ1v) is 13.3. The fourth-order valence-corrected chi connectivity index (χ4v) is 5.07. The monoisotopic (exact) mass is 548 g/mol. The number of piperazine rings is 1. The lowest BCUT2D eigenvalue weighted by atomic mass is 10.1. The van der Waals surface area contributed by atoms with E-state index >= 15 is 0 Å². The van der Waals surface area contributed by atoms with Crippen molar-refractivity contribution < 1.29 is 26.4 Å². The lowest BCUT2D eigenvalue weighted by Gasteiger charge is -2.34. The van der Waals surface area contributed by atoms with Crippen LogP contribution < -0.4 is 20.7 Å². The second kappa shape index (κ2) is 10.9. The number of aromatic nitrogens is 1. The van der Waals surface area contributed by atoms with E-state index in [0.717, 1.165) is 31.9 Å². The van der Waals surface area contributed by atoms with Crippen LogP contribution in [0, 0.1) is 0 Å². The number of likely N-dealkylation sites (N-methyl/N-ethyl adjacent to an activating group) is 1. The van der Waals surface area contributed by atoms with Crippen molar-refractivity contribution in [2.75, 3.05) is 53.9 Å². The molecule has 1 saturated heterocycles. The Morgan fingerprint density at radius 2 is 1.68 bits per heavy atom. The van der Waals surface area contributed by atoms with Gasteiger partial charge in [-0.3, -0.25) is 9.52 Å². The molecule has 4 rings (SSSR count). The van der Waals surface area contributed by atoms with Crippen molar-refractivity contribution >= 4 is 38.7 Å². The van der Waals surface area contributed by atoms with Gasteiger partial charge < -0.3 is 20.9 Å². The van der Waals surface area contributed by atoms with E-state index in [1.54, 1.807) is 12.1 Å². The van der Waals surface area contributed by atoms with Gasteiger partial charge in [-0.15, -0.1) is 0 Å². The summed E-state index contributed by atoms with van der Waals surface area (Å²) in [6, 6.07) is 15.2. The fraction of sp³-hybridized carbons (Fsp3) is 0.280. The maximum absolute atomic E-state index is 12.6. The molecule has 202 valence electrons. The van der Waals surface area contributed by atoms with Crippen LogP contribution in [0.15, 0.2) is 60.8 Å². The van der Waals surface area contributed by atoms with Gasteiger partial charge in [0.15, 0.2) is 11.4 Å². The minimum Gasteiger partial charge on any atom is -0.369 e. The zero-order chi connectivity index (χ0) is 27.5. The molecule has 13 heteroatoms. The van der Waals surface area contributed by atoms with E-state index < -0.39 is 27.9 Å². The predicted octanol–water partition coefficient (Wildman–Crippen LogP) is 3.65. The summed E-state index contributed by atoms with van der Waals surface area (Å²) in [6.45, 7) is 3.80. The predicted molar refractivity (Wildman–Crippen MR) is 141 cm³/mol. The van der Waals surface area contributed by atoms with Crippen molar-refractivity contribution in [2.45, 2.75) is 6.18 Å². The van der Waals surface area contributed by atoms with Crippen LogP contribution in [0.5, 0.6) is 0 Å². The van der Waals surface area contributed by atoms with E-state index in [-0.39, 0.29) is 11.4 Å². The van der Waals surface area contributed by atoms with Crippen LogP contribution in [0.1, 0.15) is 10.5 Å². The van der Waals surface area contributed by atoms with Crippen LogP contribution >= 0.6 is 0 Å². The Labute approximate surface area is 218 Å². The largest absolute Gasteiger partial charge is 0.404 e. The second-order valence-electron chi connectivity index (χ2n) is 9.00. The van der Waals surface area contributed by atoms with E-state index in [1.165, 1.54) is 24.4 Å². The number of carbonyl (C=O) groups excluding carboxylic acids is 1. The summed E-state index contributed by atoms with van der Waals surface area (Å²) < 4.78 is 63.4. The van der Waals surface area contributed by atoms with E-state index in [9.17, 15) is 26.4 Å². The number of benzene rings is 2. The molecular formula is C25H27F3N6O3S. The first-order valence-electron chi connectivity index (χ1n) is 11.7. The zero-order valence-corrected chi connectivity index (χ0v) is 21.3. The molecule has 3 aromatic rings. The molecule has 1 aromatic heterocycles. The number of amides is 1. The molecule has 1 amide bonds. The number of pyridine rings is 1. The van der Waals surface area contributed by atoms with Crippen molar-refractivity contribution in [3.63, 3.8) is 0 Å². The first kappa shape index (κ1) is 27.2. The van der Waals surface area contributed by atoms with Gasteiger partial charge in [0.25, 0.3) is 5.91 Å². The zero-order valence-electron chi connectivity index (χ0n) is 20.5. The number of anilines is 4. The quantitative estimate of drug-likeness (QED) is 0.393. The average Bonchev–Trinajstić information content (AvgIpc) is 2.83. The van der Waals surface area contributed by atoms with E-state index in [0.29, 0.717) is 22.5 Å². The molecule has 1 aliphatic heterocycles. The van der Waals surface area contributed by atoms with Crippen LogP contribution in [0.2, 0.25) is 0 Å². The number of alkyl halides is 3. The number of sulfonamides is 1. The molecule has 4 N–H and O–H groups in total. The molecule has 1 fully saturated rings. The molecule has 0 spiro atoms. The van der Waals surface area contributed by atoms with Gasteiger partial charge in [0.2, 0.25) is 10.0 Å². The Balaban J connectivity index is 1.56. The number of hydrogen-bond donors (Lipinski definition) is 3. The van der Waals surface area contributed by atoms with Crippen molar-refractivity contribution in [1.82, 2.24) is 9.88 Å². The maximum Gasteiger partial charge on any atom is 0.404 e. The standard InChI is InChI=1S/C25H27F3N6O3S/c1-33-9-11-34(12-10-33)21-7-5-19(6-8-21)31-22-14-18(15-30-23(22)24(29)35)17-3-2-4-20(13-17)32-38(36,37)16-25(26,27)28/h2-8,13-15,31-32H,9-12,16H2,1H3,(H2,29,35). The Bertz CT molecular complexity index is 1410. The molecule has 0 radical (unpaired) electrons. The molecular weight excluding hydrogens is 521 g/mol. The number of primary amides is 1. The third-order valence-corrected chi connectivity index (χ3v) is 7.21. The molecule has 0 saturated carbocycles. The van der Waals surface area contributed by atoms with Gasteiger partial charge in [-0.1, -0.05) is 12.1 Å². The topological polar surface area (TPSA) is 121 Å². The summed E-state index contributed by atoms with van der Waals surface area (Å²) in [7, 11) is -2.55. The van der Waals surface area contributed by atoms with Crippen LogP contribution in [0.4, 0.5) is 35.9 Å². The average molecular weight is 549 g/mol. The highest BCUT2D eigenvalue weighted by Gasteiger charge is 2.35. The fourth-order valence-electron chi connectivity index (χ4n) is 4.08.